The largest absolute Gasteiger partial charge is 0.332 e. The molecular weight excluding hydrogens is 230 g/mol. The van der Waals surface area contributed by atoms with Gasteiger partial charge in [0.2, 0.25) is 0 Å². The normalized spacial score (nSPS) is 10.8. The number of rotatable bonds is 4. The van der Waals surface area contributed by atoms with Gasteiger partial charge >= 0.3 is 0 Å². The number of thiazole rings is 1. The predicted octanol–water partition coefficient (Wildman–Crippen LogP) is 3.47. The summed E-state index contributed by atoms with van der Waals surface area (Å²) in [7, 11) is 0. The van der Waals surface area contributed by atoms with Crippen molar-refractivity contribution in [3.05, 3.63) is 40.9 Å². The van der Waals surface area contributed by atoms with Gasteiger partial charge in [0.15, 0.2) is 5.13 Å². The lowest BCUT2D eigenvalue weighted by Crippen LogP contribution is -1.91. The number of anilines is 2. The molecule has 0 saturated heterocycles. The predicted molar refractivity (Wildman–Crippen MR) is 73.8 cm³/mol. The molecule has 0 aliphatic rings. The van der Waals surface area contributed by atoms with Crippen LogP contribution in [-0.2, 0) is 6.54 Å². The molecule has 0 fully saturated rings. The Morgan fingerprint density at radius 3 is 2.53 bits per heavy atom. The molecule has 2 rings (SSSR count). The van der Waals surface area contributed by atoms with Crippen molar-refractivity contribution in [1.29, 1.82) is 0 Å². The third kappa shape index (κ3) is 3.05. The first kappa shape index (κ1) is 12.1. The number of nitrogens with one attached hydrogen (secondary N) is 1. The lowest BCUT2D eigenvalue weighted by molar-refractivity contribution is 0.867. The van der Waals surface area contributed by atoms with Gasteiger partial charge in [0, 0.05) is 23.3 Å². The molecule has 1 heterocycles. The average molecular weight is 247 g/mol. The Labute approximate surface area is 106 Å². The molecule has 0 spiro atoms. The Kier molecular flexibility index (Phi) is 3.76. The van der Waals surface area contributed by atoms with E-state index in [1.165, 1.54) is 5.56 Å². The standard InChI is InChI=1S/C13H17N3S/c1-9(2)10-3-5-11(6-4-10)16-13-15-8-12(7-14)17-13/h3-6,8-9H,7,14H2,1-2H3,(H,15,16). The Balaban J connectivity index is 2.08. The van der Waals surface area contributed by atoms with Gasteiger partial charge in [0.25, 0.3) is 0 Å². The van der Waals surface area contributed by atoms with Crippen molar-refractivity contribution < 1.29 is 0 Å². The molecule has 2 aromatic rings. The molecule has 0 radical (unpaired) electrons. The molecule has 3 nitrogen and oxygen atoms in total. The second-order valence-corrected chi connectivity index (χ2v) is 5.35. The summed E-state index contributed by atoms with van der Waals surface area (Å²) < 4.78 is 0. The van der Waals surface area contributed by atoms with Crippen LogP contribution in [0.4, 0.5) is 10.8 Å². The Hall–Kier alpha value is -1.39. The van der Waals surface area contributed by atoms with Crippen molar-refractivity contribution in [2.45, 2.75) is 26.3 Å². The lowest BCUT2D eigenvalue weighted by atomic mass is 10.0. The second kappa shape index (κ2) is 5.29. The van der Waals surface area contributed by atoms with Gasteiger partial charge in [-0.25, -0.2) is 4.98 Å². The molecule has 4 heteroatoms. The van der Waals surface area contributed by atoms with Gasteiger partial charge in [-0.2, -0.15) is 0 Å². The first-order valence-corrected chi connectivity index (χ1v) is 6.52. The molecule has 0 amide bonds. The van der Waals surface area contributed by atoms with Crippen molar-refractivity contribution in [2.75, 3.05) is 5.32 Å². The molecule has 0 aliphatic carbocycles. The van der Waals surface area contributed by atoms with E-state index in [2.05, 4.69) is 48.4 Å². The smallest absolute Gasteiger partial charge is 0.187 e. The topological polar surface area (TPSA) is 50.9 Å². The molecule has 0 saturated carbocycles. The number of hydrogen-bond acceptors (Lipinski definition) is 4. The van der Waals surface area contributed by atoms with E-state index in [0.29, 0.717) is 12.5 Å². The highest BCUT2D eigenvalue weighted by atomic mass is 32.1. The number of nitrogens with zero attached hydrogens (tertiary/aromatic N) is 1. The van der Waals surface area contributed by atoms with Crippen molar-refractivity contribution in [3.8, 4) is 0 Å². The van der Waals surface area contributed by atoms with Gasteiger partial charge in [-0.05, 0) is 23.6 Å². The molecule has 1 aromatic heterocycles. The van der Waals surface area contributed by atoms with Crippen LogP contribution in [0, 0.1) is 0 Å². The van der Waals surface area contributed by atoms with Crippen molar-refractivity contribution >= 4 is 22.2 Å². The Morgan fingerprint density at radius 2 is 2.00 bits per heavy atom. The molecule has 0 unspecified atom stereocenters. The van der Waals surface area contributed by atoms with Crippen molar-refractivity contribution in [2.24, 2.45) is 5.73 Å². The number of benzene rings is 1. The number of aromatic nitrogens is 1. The van der Waals surface area contributed by atoms with E-state index in [0.717, 1.165) is 15.7 Å². The molecule has 90 valence electrons. The van der Waals surface area contributed by atoms with Gasteiger partial charge < -0.3 is 11.1 Å². The van der Waals surface area contributed by atoms with Crippen LogP contribution < -0.4 is 11.1 Å². The quantitative estimate of drug-likeness (QED) is 0.869. The van der Waals surface area contributed by atoms with Gasteiger partial charge in [-0.3, -0.25) is 0 Å². The van der Waals surface area contributed by atoms with Crippen LogP contribution in [0.5, 0.6) is 0 Å². The lowest BCUT2D eigenvalue weighted by Gasteiger charge is -2.07. The van der Waals surface area contributed by atoms with Crippen LogP contribution in [0.3, 0.4) is 0 Å². The van der Waals surface area contributed by atoms with E-state index in [4.69, 9.17) is 5.73 Å². The van der Waals surface area contributed by atoms with E-state index in [-0.39, 0.29) is 0 Å². The second-order valence-electron chi connectivity index (χ2n) is 4.24. The summed E-state index contributed by atoms with van der Waals surface area (Å²) in [6, 6.07) is 8.45. The van der Waals surface area contributed by atoms with E-state index < -0.39 is 0 Å². The summed E-state index contributed by atoms with van der Waals surface area (Å²) in [6.07, 6.45) is 1.81. The summed E-state index contributed by atoms with van der Waals surface area (Å²) in [6.45, 7) is 4.93. The van der Waals surface area contributed by atoms with E-state index in [1.54, 1.807) is 11.3 Å². The molecule has 0 bridgehead atoms. The molecular formula is C13H17N3S. The zero-order valence-electron chi connectivity index (χ0n) is 10.1. The summed E-state index contributed by atoms with van der Waals surface area (Å²) in [5.41, 5.74) is 7.96. The highest BCUT2D eigenvalue weighted by molar-refractivity contribution is 7.15. The molecule has 3 N–H and O–H groups in total. The first-order valence-electron chi connectivity index (χ1n) is 5.71. The zero-order chi connectivity index (χ0) is 12.3. The van der Waals surface area contributed by atoms with Gasteiger partial charge in [-0.1, -0.05) is 26.0 Å². The maximum atomic E-state index is 5.55. The third-order valence-corrected chi connectivity index (χ3v) is 3.52. The monoisotopic (exact) mass is 247 g/mol. The fourth-order valence-electron chi connectivity index (χ4n) is 1.53. The Bertz CT molecular complexity index is 474. The zero-order valence-corrected chi connectivity index (χ0v) is 10.9. The van der Waals surface area contributed by atoms with E-state index in [1.807, 2.05) is 6.20 Å². The molecule has 0 aliphatic heterocycles. The van der Waals surface area contributed by atoms with Gasteiger partial charge in [-0.15, -0.1) is 11.3 Å². The summed E-state index contributed by atoms with van der Waals surface area (Å²) >= 11 is 1.59. The molecule has 17 heavy (non-hydrogen) atoms. The van der Waals surface area contributed by atoms with Gasteiger partial charge in [0.05, 0.1) is 0 Å². The summed E-state index contributed by atoms with van der Waals surface area (Å²) in [5.74, 6) is 0.563. The Morgan fingerprint density at radius 1 is 1.29 bits per heavy atom. The minimum Gasteiger partial charge on any atom is -0.332 e. The van der Waals surface area contributed by atoms with Crippen LogP contribution in [-0.4, -0.2) is 4.98 Å². The van der Waals surface area contributed by atoms with Crippen LogP contribution in [0.2, 0.25) is 0 Å². The minimum atomic E-state index is 0.547. The van der Waals surface area contributed by atoms with Crippen molar-refractivity contribution in [1.82, 2.24) is 4.98 Å². The highest BCUT2D eigenvalue weighted by Gasteiger charge is 2.02. The molecule has 0 atom stereocenters. The number of hydrogen-bond donors (Lipinski definition) is 2. The number of nitrogens with two attached hydrogens (primary N) is 1. The van der Waals surface area contributed by atoms with Crippen LogP contribution >= 0.6 is 11.3 Å². The fraction of sp³-hybridized carbons (Fsp3) is 0.308. The third-order valence-electron chi connectivity index (χ3n) is 2.58. The average Bonchev–Trinajstić information content (AvgIpc) is 2.77. The van der Waals surface area contributed by atoms with Crippen LogP contribution in [0.1, 0.15) is 30.2 Å². The minimum absolute atomic E-state index is 0.547. The summed E-state index contributed by atoms with van der Waals surface area (Å²) in [4.78, 5) is 5.36. The van der Waals surface area contributed by atoms with E-state index in [9.17, 15) is 0 Å². The summed E-state index contributed by atoms with van der Waals surface area (Å²) in [5, 5.41) is 4.17. The first-order chi connectivity index (χ1) is 8.19. The van der Waals surface area contributed by atoms with E-state index >= 15 is 0 Å². The maximum Gasteiger partial charge on any atom is 0.187 e. The highest BCUT2D eigenvalue weighted by Crippen LogP contribution is 2.23. The maximum absolute atomic E-state index is 5.55. The van der Waals surface area contributed by atoms with Gasteiger partial charge in [0.1, 0.15) is 0 Å². The molecule has 1 aromatic carbocycles. The fourth-order valence-corrected chi connectivity index (χ4v) is 2.25. The van der Waals surface area contributed by atoms with Crippen LogP contribution in [0.15, 0.2) is 30.5 Å². The SMILES string of the molecule is CC(C)c1ccc(Nc2ncc(CN)s2)cc1. The van der Waals surface area contributed by atoms with Crippen molar-refractivity contribution in [3.63, 3.8) is 0 Å². The van der Waals surface area contributed by atoms with Crippen LogP contribution in [0.25, 0.3) is 0 Å².